The van der Waals surface area contributed by atoms with Crippen LogP contribution >= 0.6 is 0 Å². The van der Waals surface area contributed by atoms with E-state index in [9.17, 15) is 5.11 Å². The minimum Gasteiger partial charge on any atom is -0.465 e. The maximum Gasteiger partial charge on any atom is 0.203 e. The average molecular weight is 413 g/mol. The second kappa shape index (κ2) is 7.84. The van der Waals surface area contributed by atoms with Gasteiger partial charge in [-0.1, -0.05) is 66.5 Å². The van der Waals surface area contributed by atoms with Gasteiger partial charge in [0.2, 0.25) is 6.29 Å². The van der Waals surface area contributed by atoms with Gasteiger partial charge in [0, 0.05) is 5.41 Å². The minimum atomic E-state index is -0.664. The van der Waals surface area contributed by atoms with Gasteiger partial charge in [0.15, 0.2) is 0 Å². The molecule has 1 aromatic rings. The molecule has 0 radical (unpaired) electrons. The molecule has 4 aliphatic carbocycles. The Kier molecular flexibility index (Phi) is 5.79. The first-order valence-corrected chi connectivity index (χ1v) is 12.4. The van der Waals surface area contributed by atoms with Crippen molar-refractivity contribution in [3.63, 3.8) is 0 Å². The summed E-state index contributed by atoms with van der Waals surface area (Å²) in [5.74, 6) is 3.76. The van der Waals surface area contributed by atoms with Crippen molar-refractivity contribution in [2.45, 2.75) is 105 Å². The summed E-state index contributed by atoms with van der Waals surface area (Å²) in [5.41, 5.74) is 1.88. The predicted molar refractivity (Wildman–Crippen MR) is 125 cm³/mol. The van der Waals surface area contributed by atoms with Crippen LogP contribution in [0.4, 0.5) is 0 Å². The molecule has 0 aromatic heterocycles. The number of aliphatic hydroxyl groups is 1. The highest BCUT2D eigenvalue weighted by Crippen LogP contribution is 2.59. The van der Waals surface area contributed by atoms with E-state index in [1.54, 1.807) is 0 Å². The van der Waals surface area contributed by atoms with E-state index < -0.39 is 6.29 Å². The van der Waals surface area contributed by atoms with Crippen LogP contribution in [0.5, 0.6) is 5.75 Å². The van der Waals surface area contributed by atoms with Crippen molar-refractivity contribution in [3.05, 3.63) is 29.8 Å². The fourth-order valence-corrected chi connectivity index (χ4v) is 7.13. The third-order valence-electron chi connectivity index (χ3n) is 8.32. The molecule has 30 heavy (non-hydrogen) atoms. The molecule has 2 nitrogen and oxygen atoms in total. The van der Waals surface area contributed by atoms with Crippen LogP contribution in [0.25, 0.3) is 0 Å². The molecule has 0 aliphatic heterocycles. The van der Waals surface area contributed by atoms with E-state index in [1.165, 1.54) is 31.2 Å². The number of benzene rings is 1. The van der Waals surface area contributed by atoms with Gasteiger partial charge in [0.05, 0.1) is 0 Å². The summed E-state index contributed by atoms with van der Waals surface area (Å²) in [6, 6.07) is 8.65. The van der Waals surface area contributed by atoms with Gasteiger partial charge < -0.3 is 9.84 Å². The largest absolute Gasteiger partial charge is 0.465 e. The fraction of sp³-hybridized carbons (Fsp3) is 0.786. The van der Waals surface area contributed by atoms with Gasteiger partial charge >= 0.3 is 0 Å². The molecule has 0 spiro atoms. The maximum absolute atomic E-state index is 11.2. The van der Waals surface area contributed by atoms with Crippen LogP contribution in [-0.4, -0.2) is 11.4 Å². The lowest BCUT2D eigenvalue weighted by Gasteiger charge is -2.50. The Morgan fingerprint density at radius 2 is 1.43 bits per heavy atom. The number of aliphatic hydroxyl groups excluding tert-OH is 1. The first-order chi connectivity index (χ1) is 13.9. The van der Waals surface area contributed by atoms with E-state index in [0.717, 1.165) is 49.2 Å². The predicted octanol–water partition coefficient (Wildman–Crippen LogP) is 7.56. The van der Waals surface area contributed by atoms with Crippen molar-refractivity contribution in [2.75, 3.05) is 0 Å². The van der Waals surface area contributed by atoms with E-state index in [-0.39, 0.29) is 10.8 Å². The van der Waals surface area contributed by atoms with Crippen LogP contribution in [0, 0.1) is 34.0 Å². The molecule has 4 fully saturated rings. The molecular formula is C28H44O2. The molecule has 0 heterocycles. The molecule has 0 amide bonds. The summed E-state index contributed by atoms with van der Waals surface area (Å²) in [7, 11) is 0. The first kappa shape index (κ1) is 22.2. The highest BCUT2D eigenvalue weighted by atomic mass is 16.6. The Hall–Kier alpha value is -1.02. The van der Waals surface area contributed by atoms with Crippen LogP contribution in [0.3, 0.4) is 0 Å². The second-order valence-corrected chi connectivity index (χ2v) is 13.3. The van der Waals surface area contributed by atoms with E-state index in [2.05, 4.69) is 65.8 Å². The zero-order chi connectivity index (χ0) is 21.7. The van der Waals surface area contributed by atoms with Crippen LogP contribution in [-0.2, 0) is 0 Å². The molecule has 4 saturated carbocycles. The monoisotopic (exact) mass is 412 g/mol. The first-order valence-electron chi connectivity index (χ1n) is 12.4. The van der Waals surface area contributed by atoms with Crippen molar-refractivity contribution < 1.29 is 9.84 Å². The van der Waals surface area contributed by atoms with Gasteiger partial charge in [-0.2, -0.15) is 0 Å². The molecule has 5 rings (SSSR count). The Balaban J connectivity index is 1.48. The summed E-state index contributed by atoms with van der Waals surface area (Å²) in [5, 5.41) is 11.2. The van der Waals surface area contributed by atoms with Crippen molar-refractivity contribution in [3.8, 4) is 5.75 Å². The number of ether oxygens (including phenoxy) is 1. The number of hydrogen-bond acceptors (Lipinski definition) is 2. The third-order valence-corrected chi connectivity index (χ3v) is 8.32. The third kappa shape index (κ3) is 4.74. The van der Waals surface area contributed by atoms with Gasteiger partial charge in [0.25, 0.3) is 0 Å². The molecule has 1 N–H and O–H groups in total. The van der Waals surface area contributed by atoms with Crippen molar-refractivity contribution in [1.29, 1.82) is 0 Å². The zero-order valence-corrected chi connectivity index (χ0v) is 20.2. The summed E-state index contributed by atoms with van der Waals surface area (Å²) < 4.78 is 6.23. The number of fused-ring (bicyclic) bond motifs is 1. The standard InChI is InChI=1S/C28H44O2/c1-26(2,3)18-24(27(4,5)6)22-9-11-23(12-10-22)30-25(29)28-15-19-7-8-20(16-28)14-21(13-19)17-28/h9-12,19-21,24-25,29H,7-8,13-18H2,1-6H3. The zero-order valence-electron chi connectivity index (χ0n) is 20.2. The number of rotatable bonds is 5. The average Bonchev–Trinajstić information content (AvgIpc) is 2.85. The number of hydrogen-bond donors (Lipinski definition) is 1. The van der Waals surface area contributed by atoms with Crippen molar-refractivity contribution in [1.82, 2.24) is 0 Å². The smallest absolute Gasteiger partial charge is 0.203 e. The molecule has 4 bridgehead atoms. The van der Waals surface area contributed by atoms with E-state index in [0.29, 0.717) is 11.3 Å². The van der Waals surface area contributed by atoms with E-state index >= 15 is 0 Å². The summed E-state index contributed by atoms with van der Waals surface area (Å²) in [4.78, 5) is 0. The van der Waals surface area contributed by atoms with Crippen LogP contribution < -0.4 is 4.74 Å². The molecule has 4 aliphatic rings. The lowest BCUT2D eigenvalue weighted by molar-refractivity contribution is -0.163. The van der Waals surface area contributed by atoms with Gasteiger partial charge in [-0.15, -0.1) is 0 Å². The molecule has 168 valence electrons. The minimum absolute atomic E-state index is 0.00808. The Morgan fingerprint density at radius 3 is 1.93 bits per heavy atom. The Morgan fingerprint density at radius 1 is 0.900 bits per heavy atom. The molecule has 0 saturated heterocycles. The van der Waals surface area contributed by atoms with Crippen LogP contribution in [0.1, 0.15) is 104 Å². The Bertz CT molecular complexity index is 704. The quantitative estimate of drug-likeness (QED) is 0.506. The highest BCUT2D eigenvalue weighted by molar-refractivity contribution is 5.31. The maximum atomic E-state index is 11.2. The molecule has 4 atom stereocenters. The van der Waals surface area contributed by atoms with E-state index in [4.69, 9.17) is 4.74 Å². The lowest BCUT2D eigenvalue weighted by atomic mass is 9.58. The fourth-order valence-electron chi connectivity index (χ4n) is 7.13. The highest BCUT2D eigenvalue weighted by Gasteiger charge is 2.53. The second-order valence-electron chi connectivity index (χ2n) is 13.3. The molecular weight excluding hydrogens is 368 g/mol. The van der Waals surface area contributed by atoms with Gasteiger partial charge in [-0.25, -0.2) is 0 Å². The molecule has 2 heteroatoms. The van der Waals surface area contributed by atoms with E-state index in [1.807, 2.05) is 0 Å². The van der Waals surface area contributed by atoms with Gasteiger partial charge in [-0.3, -0.25) is 0 Å². The summed E-state index contributed by atoms with van der Waals surface area (Å²) in [6.45, 7) is 14.0. The van der Waals surface area contributed by atoms with Crippen LogP contribution in [0.2, 0.25) is 0 Å². The van der Waals surface area contributed by atoms with Gasteiger partial charge in [-0.05, 0) is 90.7 Å². The van der Waals surface area contributed by atoms with Crippen LogP contribution in [0.15, 0.2) is 24.3 Å². The summed E-state index contributed by atoms with van der Waals surface area (Å²) >= 11 is 0. The summed E-state index contributed by atoms with van der Waals surface area (Å²) in [6.07, 6.45) is 9.50. The molecule has 4 unspecified atom stereocenters. The van der Waals surface area contributed by atoms with Crippen molar-refractivity contribution in [2.24, 2.45) is 34.0 Å². The SMILES string of the molecule is CC(C)(C)CC(c1ccc(OC(O)C23CC4CCC(CC(C4)C2)C3)cc1)C(C)(C)C. The van der Waals surface area contributed by atoms with Crippen molar-refractivity contribution >= 4 is 0 Å². The Labute approximate surface area is 184 Å². The van der Waals surface area contributed by atoms with Gasteiger partial charge in [0.1, 0.15) is 5.75 Å². The topological polar surface area (TPSA) is 29.5 Å². The molecule has 1 aromatic carbocycles. The lowest BCUT2D eigenvalue weighted by Crippen LogP contribution is -2.48. The normalized spacial score (nSPS) is 33.2.